The Morgan fingerprint density at radius 3 is 2.64 bits per heavy atom. The van der Waals surface area contributed by atoms with Crippen molar-refractivity contribution in [1.29, 1.82) is 0 Å². The predicted octanol–water partition coefficient (Wildman–Crippen LogP) is 4.62. The summed E-state index contributed by atoms with van der Waals surface area (Å²) >= 11 is 0. The molecule has 28 heavy (non-hydrogen) atoms. The van der Waals surface area contributed by atoms with E-state index < -0.39 is 0 Å². The topological polar surface area (TPSA) is 41.3 Å². The third-order valence-electron chi connectivity index (χ3n) is 6.80. The fraction of sp³-hybridized carbons (Fsp3) is 0.680. The number of benzene rings is 1. The Labute approximate surface area is 172 Å². The number of hydrogen-bond acceptors (Lipinski definition) is 3. The zero-order chi connectivity index (χ0) is 19.6. The van der Waals surface area contributed by atoms with Gasteiger partial charge in [-0.1, -0.05) is 37.3 Å². The van der Waals surface area contributed by atoms with E-state index in [1.54, 1.807) is 5.57 Å². The minimum Gasteiger partial charge on any atom is -0.330 e. The first-order chi connectivity index (χ1) is 13.8. The van der Waals surface area contributed by atoms with Gasteiger partial charge in [0.2, 0.25) is 0 Å². The Hall–Kier alpha value is -1.16. The smallest absolute Gasteiger partial charge is 0.0169 e. The van der Waals surface area contributed by atoms with E-state index in [4.69, 9.17) is 5.73 Å². The number of nitrogens with zero attached hydrogens (tertiary/aromatic N) is 1. The molecule has 0 amide bonds. The van der Waals surface area contributed by atoms with Crippen molar-refractivity contribution in [2.45, 2.75) is 70.8 Å². The number of nitrogens with two attached hydrogens (primary N) is 1. The van der Waals surface area contributed by atoms with E-state index >= 15 is 0 Å². The second-order valence-electron chi connectivity index (χ2n) is 8.75. The molecule has 0 aromatic heterocycles. The van der Waals surface area contributed by atoms with Crippen LogP contribution in [0.4, 0.5) is 0 Å². The summed E-state index contributed by atoms with van der Waals surface area (Å²) in [5.41, 5.74) is 10.1. The Kier molecular flexibility index (Phi) is 9.04. The van der Waals surface area contributed by atoms with Crippen molar-refractivity contribution in [1.82, 2.24) is 10.2 Å². The van der Waals surface area contributed by atoms with Gasteiger partial charge in [0.25, 0.3) is 0 Å². The molecule has 1 saturated carbocycles. The largest absolute Gasteiger partial charge is 0.330 e. The molecule has 1 heterocycles. The summed E-state index contributed by atoms with van der Waals surface area (Å²) in [4.78, 5) is 2.66. The van der Waals surface area contributed by atoms with Gasteiger partial charge in [0.1, 0.15) is 0 Å². The van der Waals surface area contributed by atoms with Crippen LogP contribution < -0.4 is 11.1 Å². The van der Waals surface area contributed by atoms with E-state index in [-0.39, 0.29) is 0 Å². The third-order valence-corrected chi connectivity index (χ3v) is 6.80. The normalized spacial score (nSPS) is 23.6. The standard InChI is InChI=1S/C25H41N3/c1-2-22-7-3-4-8-25(22)23-14-19-28(20-15-23)18-13-21-9-11-24(12-10-21)27-17-6-5-16-26/h3-4,7-8,14,21,24,27H,2,5-6,9-13,15-20,26H2,1H3. The van der Waals surface area contributed by atoms with Crippen LogP contribution in [0.2, 0.25) is 0 Å². The highest BCUT2D eigenvalue weighted by atomic mass is 15.1. The predicted molar refractivity (Wildman–Crippen MR) is 122 cm³/mol. The van der Waals surface area contributed by atoms with Crippen molar-refractivity contribution in [3.8, 4) is 0 Å². The van der Waals surface area contributed by atoms with Crippen molar-refractivity contribution in [3.63, 3.8) is 0 Å². The van der Waals surface area contributed by atoms with Crippen LogP contribution in [-0.4, -0.2) is 43.7 Å². The molecule has 0 atom stereocenters. The lowest BCUT2D eigenvalue weighted by atomic mass is 9.84. The lowest BCUT2D eigenvalue weighted by Crippen LogP contribution is -2.35. The molecular formula is C25H41N3. The van der Waals surface area contributed by atoms with Crippen LogP contribution in [0.15, 0.2) is 30.3 Å². The molecule has 3 N–H and O–H groups in total. The Morgan fingerprint density at radius 2 is 1.93 bits per heavy atom. The lowest BCUT2D eigenvalue weighted by Gasteiger charge is -2.32. The molecule has 156 valence electrons. The number of aryl methyl sites for hydroxylation is 1. The fourth-order valence-electron chi connectivity index (χ4n) is 4.90. The van der Waals surface area contributed by atoms with Gasteiger partial charge in [-0.3, -0.25) is 4.90 Å². The third kappa shape index (κ3) is 6.43. The molecule has 3 heteroatoms. The van der Waals surface area contributed by atoms with Crippen molar-refractivity contribution in [2.24, 2.45) is 11.7 Å². The van der Waals surface area contributed by atoms with Crippen LogP contribution in [0.5, 0.6) is 0 Å². The molecule has 0 spiro atoms. The Balaban J connectivity index is 1.35. The molecule has 3 rings (SSSR count). The highest BCUT2D eigenvalue weighted by molar-refractivity contribution is 5.69. The summed E-state index contributed by atoms with van der Waals surface area (Å²) in [6, 6.07) is 9.70. The monoisotopic (exact) mass is 383 g/mol. The van der Waals surface area contributed by atoms with Gasteiger partial charge in [0, 0.05) is 19.1 Å². The van der Waals surface area contributed by atoms with Crippen LogP contribution in [0.3, 0.4) is 0 Å². The summed E-state index contributed by atoms with van der Waals surface area (Å²) in [5.74, 6) is 0.938. The molecule has 1 aromatic rings. The average Bonchev–Trinajstić information content (AvgIpc) is 2.76. The van der Waals surface area contributed by atoms with E-state index in [0.717, 1.165) is 44.4 Å². The molecule has 1 aliphatic heterocycles. The number of rotatable bonds is 10. The minimum atomic E-state index is 0.758. The number of unbranched alkanes of at least 4 members (excludes halogenated alkanes) is 1. The maximum atomic E-state index is 5.58. The van der Waals surface area contributed by atoms with Gasteiger partial charge in [0.05, 0.1) is 0 Å². The zero-order valence-corrected chi connectivity index (χ0v) is 18.0. The maximum absolute atomic E-state index is 5.58. The highest BCUT2D eigenvalue weighted by Crippen LogP contribution is 2.29. The molecule has 0 bridgehead atoms. The second-order valence-corrected chi connectivity index (χ2v) is 8.75. The van der Waals surface area contributed by atoms with Gasteiger partial charge in [0.15, 0.2) is 0 Å². The van der Waals surface area contributed by atoms with Gasteiger partial charge in [-0.25, -0.2) is 0 Å². The quantitative estimate of drug-likeness (QED) is 0.580. The highest BCUT2D eigenvalue weighted by Gasteiger charge is 2.22. The van der Waals surface area contributed by atoms with E-state index in [1.807, 2.05) is 0 Å². The van der Waals surface area contributed by atoms with Crippen molar-refractivity contribution < 1.29 is 0 Å². The first-order valence-corrected chi connectivity index (χ1v) is 11.7. The van der Waals surface area contributed by atoms with Crippen LogP contribution >= 0.6 is 0 Å². The van der Waals surface area contributed by atoms with Crippen molar-refractivity contribution in [2.75, 3.05) is 32.7 Å². The van der Waals surface area contributed by atoms with Gasteiger partial charge in [-0.05, 0) is 100 Å². The van der Waals surface area contributed by atoms with E-state index in [0.29, 0.717) is 0 Å². The first kappa shape index (κ1) is 21.5. The molecule has 1 aliphatic carbocycles. The SMILES string of the molecule is CCc1ccccc1C1=CCN(CCC2CCC(NCCCCN)CC2)CC1. The van der Waals surface area contributed by atoms with E-state index in [1.165, 1.54) is 69.2 Å². The van der Waals surface area contributed by atoms with Gasteiger partial charge in [-0.15, -0.1) is 0 Å². The second kappa shape index (κ2) is 11.7. The van der Waals surface area contributed by atoms with Crippen LogP contribution in [0, 0.1) is 5.92 Å². The molecule has 3 nitrogen and oxygen atoms in total. The van der Waals surface area contributed by atoms with Crippen molar-refractivity contribution >= 4 is 5.57 Å². The summed E-state index contributed by atoms with van der Waals surface area (Å²) in [6.45, 7) is 7.87. The van der Waals surface area contributed by atoms with E-state index in [9.17, 15) is 0 Å². The van der Waals surface area contributed by atoms with Gasteiger partial charge >= 0.3 is 0 Å². The molecule has 2 aliphatic rings. The van der Waals surface area contributed by atoms with Gasteiger partial charge in [-0.2, -0.15) is 0 Å². The number of hydrogen-bond donors (Lipinski definition) is 2. The van der Waals surface area contributed by atoms with Crippen molar-refractivity contribution in [3.05, 3.63) is 41.5 Å². The molecule has 1 fully saturated rings. The molecule has 0 unspecified atom stereocenters. The minimum absolute atomic E-state index is 0.758. The lowest BCUT2D eigenvalue weighted by molar-refractivity contribution is 0.229. The molecule has 1 aromatic carbocycles. The van der Waals surface area contributed by atoms with Crippen LogP contribution in [0.1, 0.15) is 69.4 Å². The fourth-order valence-corrected chi connectivity index (χ4v) is 4.90. The molecule has 0 radical (unpaired) electrons. The summed E-state index contributed by atoms with van der Waals surface area (Å²) in [5, 5.41) is 3.74. The number of nitrogens with one attached hydrogen (secondary N) is 1. The Bertz CT molecular complexity index is 602. The average molecular weight is 384 g/mol. The molecular weight excluding hydrogens is 342 g/mol. The zero-order valence-electron chi connectivity index (χ0n) is 18.0. The summed E-state index contributed by atoms with van der Waals surface area (Å²) in [6.07, 6.45) is 14.1. The first-order valence-electron chi connectivity index (χ1n) is 11.7. The van der Waals surface area contributed by atoms with Gasteiger partial charge < -0.3 is 11.1 Å². The maximum Gasteiger partial charge on any atom is 0.0169 e. The van der Waals surface area contributed by atoms with Crippen LogP contribution in [0.25, 0.3) is 5.57 Å². The summed E-state index contributed by atoms with van der Waals surface area (Å²) in [7, 11) is 0. The summed E-state index contributed by atoms with van der Waals surface area (Å²) < 4.78 is 0. The Morgan fingerprint density at radius 1 is 1.11 bits per heavy atom. The molecule has 0 saturated heterocycles. The van der Waals surface area contributed by atoms with E-state index in [2.05, 4.69) is 47.5 Å². The van der Waals surface area contributed by atoms with Crippen LogP contribution in [-0.2, 0) is 6.42 Å².